The van der Waals surface area contributed by atoms with Crippen molar-refractivity contribution in [3.63, 3.8) is 0 Å². The number of nitrogens with one attached hydrogen (secondary N) is 1. The fourth-order valence-corrected chi connectivity index (χ4v) is 4.21. The third-order valence-corrected chi connectivity index (χ3v) is 6.88. The summed E-state index contributed by atoms with van der Waals surface area (Å²) in [7, 11) is 0. The minimum absolute atomic E-state index is 0.0633. The van der Waals surface area contributed by atoms with Crippen LogP contribution in [-0.4, -0.2) is 11.6 Å². The number of amides is 1. The highest BCUT2D eigenvalue weighted by atomic mass is 16.6. The molecule has 0 spiro atoms. The molecular formula is C25H33NO2. The Kier molecular flexibility index (Phi) is 5.56. The molecule has 28 heavy (non-hydrogen) atoms. The Bertz CT molecular complexity index is 808. The highest BCUT2D eigenvalue weighted by molar-refractivity contribution is 5.71. The van der Waals surface area contributed by atoms with Gasteiger partial charge in [-0.1, -0.05) is 83.0 Å². The lowest BCUT2D eigenvalue weighted by atomic mass is 9.64. The molecule has 0 saturated heterocycles. The van der Waals surface area contributed by atoms with E-state index >= 15 is 0 Å². The van der Waals surface area contributed by atoms with E-state index in [1.807, 2.05) is 30.3 Å². The van der Waals surface area contributed by atoms with E-state index in [1.54, 1.807) is 0 Å². The zero-order valence-corrected chi connectivity index (χ0v) is 17.8. The molecule has 0 heterocycles. The third kappa shape index (κ3) is 4.09. The normalized spacial score (nSPS) is 21.8. The van der Waals surface area contributed by atoms with Gasteiger partial charge in [-0.2, -0.15) is 0 Å². The Morgan fingerprint density at radius 1 is 0.893 bits per heavy atom. The van der Waals surface area contributed by atoms with E-state index in [0.717, 1.165) is 19.3 Å². The molecule has 0 radical (unpaired) electrons. The van der Waals surface area contributed by atoms with Crippen LogP contribution >= 0.6 is 0 Å². The second kappa shape index (κ2) is 7.62. The molecule has 0 bridgehead atoms. The van der Waals surface area contributed by atoms with Crippen LogP contribution in [0.4, 0.5) is 4.79 Å². The van der Waals surface area contributed by atoms with Gasteiger partial charge in [-0.25, -0.2) is 4.79 Å². The summed E-state index contributed by atoms with van der Waals surface area (Å²) in [5.41, 5.74) is 2.16. The standard InChI is InChI=1S/C25H33NO2/c1-23(2)17-9-10-18-25(23,5)26-22(27)28-21-15-13-20(14-16-21)24(3,4)19-11-7-6-8-12-19/h6-8,11-16H,9-10,17-18H2,1-5H3,(H,26,27). The van der Waals surface area contributed by atoms with Gasteiger partial charge >= 0.3 is 6.09 Å². The van der Waals surface area contributed by atoms with Crippen molar-refractivity contribution in [3.05, 3.63) is 65.7 Å². The summed E-state index contributed by atoms with van der Waals surface area (Å²) < 4.78 is 5.60. The summed E-state index contributed by atoms with van der Waals surface area (Å²) in [6.07, 6.45) is 4.10. The molecule has 1 aliphatic rings. The van der Waals surface area contributed by atoms with Gasteiger partial charge in [-0.3, -0.25) is 0 Å². The molecule has 0 aromatic heterocycles. The molecule has 1 amide bonds. The number of hydrogen-bond acceptors (Lipinski definition) is 2. The lowest BCUT2D eigenvalue weighted by Gasteiger charge is -2.48. The van der Waals surface area contributed by atoms with Crippen LogP contribution in [0.15, 0.2) is 54.6 Å². The fourth-order valence-electron chi connectivity index (χ4n) is 4.21. The van der Waals surface area contributed by atoms with Crippen LogP contribution in [-0.2, 0) is 5.41 Å². The van der Waals surface area contributed by atoms with Crippen LogP contribution in [0.1, 0.15) is 71.4 Å². The molecule has 3 nitrogen and oxygen atoms in total. The third-order valence-electron chi connectivity index (χ3n) is 6.88. The van der Waals surface area contributed by atoms with E-state index in [0.29, 0.717) is 5.75 Å². The van der Waals surface area contributed by atoms with Crippen LogP contribution in [0.5, 0.6) is 5.75 Å². The topological polar surface area (TPSA) is 38.3 Å². The number of ether oxygens (including phenoxy) is 1. The van der Waals surface area contributed by atoms with E-state index in [1.165, 1.54) is 17.5 Å². The van der Waals surface area contributed by atoms with Crippen molar-refractivity contribution < 1.29 is 9.53 Å². The van der Waals surface area contributed by atoms with Crippen LogP contribution < -0.4 is 10.1 Å². The predicted octanol–water partition coefficient (Wildman–Crippen LogP) is 6.46. The monoisotopic (exact) mass is 379 g/mol. The van der Waals surface area contributed by atoms with Gasteiger partial charge in [0.05, 0.1) is 0 Å². The second-order valence-corrected chi connectivity index (χ2v) is 9.45. The maximum absolute atomic E-state index is 12.5. The highest BCUT2D eigenvalue weighted by Crippen LogP contribution is 2.43. The molecule has 2 aromatic rings. The van der Waals surface area contributed by atoms with Crippen LogP contribution in [0.25, 0.3) is 0 Å². The Morgan fingerprint density at radius 2 is 1.46 bits per heavy atom. The molecule has 150 valence electrons. The minimum Gasteiger partial charge on any atom is -0.410 e. The summed E-state index contributed by atoms with van der Waals surface area (Å²) >= 11 is 0. The number of hydrogen-bond donors (Lipinski definition) is 1. The number of rotatable bonds is 4. The van der Waals surface area contributed by atoms with E-state index in [-0.39, 0.29) is 22.5 Å². The van der Waals surface area contributed by atoms with Crippen LogP contribution in [0.2, 0.25) is 0 Å². The molecule has 3 heteroatoms. The Hall–Kier alpha value is -2.29. The van der Waals surface area contributed by atoms with Gasteiger partial charge in [-0.15, -0.1) is 0 Å². The Morgan fingerprint density at radius 3 is 2.07 bits per heavy atom. The first-order valence-corrected chi connectivity index (χ1v) is 10.3. The molecule has 1 fully saturated rings. The first-order chi connectivity index (χ1) is 13.1. The van der Waals surface area contributed by atoms with Crippen molar-refractivity contribution in [2.75, 3.05) is 0 Å². The van der Waals surface area contributed by atoms with Gasteiger partial charge in [0.15, 0.2) is 0 Å². The Labute approximate surface area is 169 Å². The first kappa shape index (κ1) is 20.4. The molecule has 3 rings (SSSR count). The SMILES string of the molecule is CC(C)(c1ccccc1)c1ccc(OC(=O)NC2(C)CCCCC2(C)C)cc1. The number of carbonyl (C=O) groups is 1. The van der Waals surface area contributed by atoms with E-state index < -0.39 is 0 Å². The lowest BCUT2D eigenvalue weighted by Crippen LogP contribution is -2.58. The van der Waals surface area contributed by atoms with Gasteiger partial charge in [0.1, 0.15) is 5.75 Å². The van der Waals surface area contributed by atoms with Crippen molar-refractivity contribution in [2.24, 2.45) is 5.41 Å². The molecule has 2 aromatic carbocycles. The molecule has 1 atom stereocenters. The number of carbonyl (C=O) groups excluding carboxylic acids is 1. The first-order valence-electron chi connectivity index (χ1n) is 10.3. The molecule has 0 aliphatic heterocycles. The molecule has 1 saturated carbocycles. The smallest absolute Gasteiger partial charge is 0.410 e. The van der Waals surface area contributed by atoms with E-state index in [4.69, 9.17) is 4.74 Å². The number of benzene rings is 2. The molecule has 1 unspecified atom stereocenters. The average Bonchev–Trinajstić information content (AvgIpc) is 2.65. The van der Waals surface area contributed by atoms with Gasteiger partial charge in [-0.05, 0) is 48.4 Å². The van der Waals surface area contributed by atoms with Crippen LogP contribution in [0.3, 0.4) is 0 Å². The van der Waals surface area contributed by atoms with Gasteiger partial charge in [0, 0.05) is 11.0 Å². The largest absolute Gasteiger partial charge is 0.413 e. The predicted molar refractivity (Wildman–Crippen MR) is 115 cm³/mol. The summed E-state index contributed by atoms with van der Waals surface area (Å²) in [6.45, 7) is 11.0. The van der Waals surface area contributed by atoms with Crippen molar-refractivity contribution >= 4 is 6.09 Å². The highest BCUT2D eigenvalue weighted by Gasteiger charge is 2.44. The van der Waals surface area contributed by atoms with Gasteiger partial charge < -0.3 is 10.1 Å². The minimum atomic E-state index is -0.368. The zero-order chi connectivity index (χ0) is 20.4. The summed E-state index contributed by atoms with van der Waals surface area (Å²) in [4.78, 5) is 12.5. The molecule has 1 N–H and O–H groups in total. The van der Waals surface area contributed by atoms with Crippen molar-refractivity contribution in [3.8, 4) is 5.75 Å². The quantitative estimate of drug-likeness (QED) is 0.662. The van der Waals surface area contributed by atoms with E-state index in [2.05, 4.69) is 64.2 Å². The second-order valence-electron chi connectivity index (χ2n) is 9.45. The zero-order valence-electron chi connectivity index (χ0n) is 17.8. The fraction of sp³-hybridized carbons (Fsp3) is 0.480. The van der Waals surface area contributed by atoms with Gasteiger partial charge in [0.25, 0.3) is 0 Å². The Balaban J connectivity index is 1.68. The molecule has 1 aliphatic carbocycles. The van der Waals surface area contributed by atoms with Crippen LogP contribution in [0, 0.1) is 5.41 Å². The maximum Gasteiger partial charge on any atom is 0.413 e. The van der Waals surface area contributed by atoms with Crippen molar-refractivity contribution in [2.45, 2.75) is 71.3 Å². The summed E-state index contributed by atoms with van der Waals surface area (Å²) in [5, 5.41) is 3.14. The summed E-state index contributed by atoms with van der Waals surface area (Å²) in [5.74, 6) is 0.572. The average molecular weight is 380 g/mol. The van der Waals surface area contributed by atoms with Gasteiger partial charge in [0.2, 0.25) is 0 Å². The van der Waals surface area contributed by atoms with Crippen molar-refractivity contribution in [1.82, 2.24) is 5.32 Å². The van der Waals surface area contributed by atoms with E-state index in [9.17, 15) is 4.79 Å². The lowest BCUT2D eigenvalue weighted by molar-refractivity contribution is 0.0769. The van der Waals surface area contributed by atoms with Crippen molar-refractivity contribution in [1.29, 1.82) is 0 Å². The summed E-state index contributed by atoms with van der Waals surface area (Å²) in [6, 6.07) is 18.3. The maximum atomic E-state index is 12.5. The molecular weight excluding hydrogens is 346 g/mol.